The highest BCUT2D eigenvalue weighted by atomic mass is 32.2. The molecule has 0 rings (SSSR count). The van der Waals surface area contributed by atoms with Crippen LogP contribution in [0.3, 0.4) is 0 Å². The molecule has 72 valence electrons. The van der Waals surface area contributed by atoms with Crippen molar-refractivity contribution < 1.29 is 12.9 Å². The van der Waals surface area contributed by atoms with Gasteiger partial charge in [-0.3, -0.25) is 8.74 Å². The third-order valence-corrected chi connectivity index (χ3v) is 1.57. The Balaban J connectivity index is 3.69. The van der Waals surface area contributed by atoms with Crippen molar-refractivity contribution >= 4 is 11.4 Å². The zero-order chi connectivity index (χ0) is 9.61. The van der Waals surface area contributed by atoms with Crippen molar-refractivity contribution in [3.63, 3.8) is 0 Å². The predicted octanol–water partition coefficient (Wildman–Crippen LogP) is 0.694. The summed E-state index contributed by atoms with van der Waals surface area (Å²) < 4.78 is 23.0. The Morgan fingerprint density at radius 2 is 2.33 bits per heavy atom. The fourth-order valence-corrected chi connectivity index (χ4v) is 0.993. The Morgan fingerprint density at radius 3 is 2.75 bits per heavy atom. The molecule has 1 unspecified atom stereocenters. The monoisotopic (exact) mass is 193 g/mol. The standard InChI is InChI=1S/C7H15NO3S/c1-4-5-8-7(2,3)6-11-12(9)10/h4,8H,1,5-6H2,2-3H3,(H,9,10). The molecule has 1 atom stereocenters. The van der Waals surface area contributed by atoms with Crippen LogP contribution in [0.1, 0.15) is 13.8 Å². The Labute approximate surface area is 75.5 Å². The van der Waals surface area contributed by atoms with Crippen LogP contribution in [0, 0.1) is 0 Å². The fraction of sp³-hybridized carbons (Fsp3) is 0.714. The van der Waals surface area contributed by atoms with E-state index in [1.54, 1.807) is 6.08 Å². The lowest BCUT2D eigenvalue weighted by atomic mass is 10.1. The highest BCUT2D eigenvalue weighted by Crippen LogP contribution is 2.02. The van der Waals surface area contributed by atoms with E-state index in [2.05, 4.69) is 16.1 Å². The van der Waals surface area contributed by atoms with Gasteiger partial charge in [-0.1, -0.05) is 6.08 Å². The van der Waals surface area contributed by atoms with Crippen molar-refractivity contribution in [3.05, 3.63) is 12.7 Å². The van der Waals surface area contributed by atoms with Crippen LogP contribution in [-0.4, -0.2) is 27.5 Å². The minimum atomic E-state index is -2.18. The molecule has 0 heterocycles. The smallest absolute Gasteiger partial charge is 0.301 e. The van der Waals surface area contributed by atoms with E-state index in [0.717, 1.165) is 0 Å². The highest BCUT2D eigenvalue weighted by molar-refractivity contribution is 7.74. The molecule has 0 amide bonds. The van der Waals surface area contributed by atoms with Crippen LogP contribution in [0.4, 0.5) is 0 Å². The summed E-state index contributed by atoms with van der Waals surface area (Å²) in [4.78, 5) is 0. The molecular weight excluding hydrogens is 178 g/mol. The lowest BCUT2D eigenvalue weighted by Gasteiger charge is -2.23. The number of hydrogen-bond acceptors (Lipinski definition) is 3. The minimum absolute atomic E-state index is 0.184. The van der Waals surface area contributed by atoms with Crippen LogP contribution >= 0.6 is 0 Å². The SMILES string of the molecule is C=CCNC(C)(C)COS(=O)O. The first-order valence-corrected chi connectivity index (χ1v) is 4.61. The molecule has 5 heteroatoms. The van der Waals surface area contributed by atoms with Gasteiger partial charge >= 0.3 is 11.4 Å². The molecule has 0 saturated heterocycles. The molecule has 0 aromatic heterocycles. The number of hydrogen-bond donors (Lipinski definition) is 2. The Hall–Kier alpha value is -0.230. The molecule has 4 nitrogen and oxygen atoms in total. The Kier molecular flexibility index (Phi) is 5.32. The largest absolute Gasteiger partial charge is 0.306 e. The predicted molar refractivity (Wildman–Crippen MR) is 49.0 cm³/mol. The molecule has 0 spiro atoms. The van der Waals surface area contributed by atoms with E-state index in [0.29, 0.717) is 6.54 Å². The third-order valence-electron chi connectivity index (χ3n) is 1.25. The van der Waals surface area contributed by atoms with E-state index in [-0.39, 0.29) is 12.1 Å². The molecule has 0 bridgehead atoms. The summed E-state index contributed by atoms with van der Waals surface area (Å²) in [6, 6.07) is 0. The van der Waals surface area contributed by atoms with Gasteiger partial charge in [0.2, 0.25) is 0 Å². The van der Waals surface area contributed by atoms with Gasteiger partial charge in [0.15, 0.2) is 0 Å². The normalized spacial score (nSPS) is 14.2. The van der Waals surface area contributed by atoms with Gasteiger partial charge in [0.1, 0.15) is 0 Å². The topological polar surface area (TPSA) is 58.6 Å². The van der Waals surface area contributed by atoms with E-state index < -0.39 is 11.4 Å². The van der Waals surface area contributed by atoms with Crippen LogP contribution in [0.2, 0.25) is 0 Å². The second-order valence-electron chi connectivity index (χ2n) is 3.03. The molecule has 12 heavy (non-hydrogen) atoms. The first kappa shape index (κ1) is 11.8. The van der Waals surface area contributed by atoms with Crippen molar-refractivity contribution in [1.82, 2.24) is 5.32 Å². The quantitative estimate of drug-likeness (QED) is 0.481. The van der Waals surface area contributed by atoms with Gasteiger partial charge in [0.05, 0.1) is 6.61 Å². The van der Waals surface area contributed by atoms with Crippen LogP contribution in [0.5, 0.6) is 0 Å². The van der Waals surface area contributed by atoms with E-state index in [1.807, 2.05) is 13.8 Å². The fourth-order valence-electron chi connectivity index (χ4n) is 0.597. The molecular formula is C7H15NO3S. The van der Waals surface area contributed by atoms with Crippen LogP contribution in [0.15, 0.2) is 12.7 Å². The van der Waals surface area contributed by atoms with Crippen molar-refractivity contribution in [2.24, 2.45) is 0 Å². The maximum absolute atomic E-state index is 10.2. The molecule has 0 aliphatic rings. The summed E-state index contributed by atoms with van der Waals surface area (Å²) in [7, 11) is 0. The molecule has 0 aromatic carbocycles. The average molecular weight is 193 g/mol. The molecule has 0 aromatic rings. The summed E-state index contributed by atoms with van der Waals surface area (Å²) in [6.07, 6.45) is 1.72. The number of nitrogens with one attached hydrogen (secondary N) is 1. The van der Waals surface area contributed by atoms with Crippen LogP contribution in [-0.2, 0) is 15.5 Å². The highest BCUT2D eigenvalue weighted by Gasteiger charge is 2.17. The molecule has 0 aliphatic carbocycles. The van der Waals surface area contributed by atoms with Crippen molar-refractivity contribution in [1.29, 1.82) is 0 Å². The maximum Gasteiger partial charge on any atom is 0.301 e. The average Bonchev–Trinajstić information content (AvgIpc) is 1.98. The van der Waals surface area contributed by atoms with Gasteiger partial charge in [-0.2, -0.15) is 4.21 Å². The van der Waals surface area contributed by atoms with E-state index >= 15 is 0 Å². The van der Waals surface area contributed by atoms with Gasteiger partial charge in [0, 0.05) is 12.1 Å². The summed E-state index contributed by atoms with van der Waals surface area (Å²) in [5.74, 6) is 0. The summed E-state index contributed by atoms with van der Waals surface area (Å²) >= 11 is -2.18. The summed E-state index contributed by atoms with van der Waals surface area (Å²) in [6.45, 7) is 8.13. The summed E-state index contributed by atoms with van der Waals surface area (Å²) in [5, 5.41) is 3.08. The molecule has 0 radical (unpaired) electrons. The minimum Gasteiger partial charge on any atom is -0.306 e. The Morgan fingerprint density at radius 1 is 1.75 bits per heavy atom. The zero-order valence-corrected chi connectivity index (χ0v) is 8.19. The first-order valence-electron chi connectivity index (χ1n) is 3.58. The lowest BCUT2D eigenvalue weighted by molar-refractivity contribution is 0.213. The van der Waals surface area contributed by atoms with Crippen LogP contribution < -0.4 is 5.32 Å². The van der Waals surface area contributed by atoms with Crippen molar-refractivity contribution in [3.8, 4) is 0 Å². The first-order chi connectivity index (χ1) is 5.48. The van der Waals surface area contributed by atoms with Gasteiger partial charge in [0.25, 0.3) is 0 Å². The van der Waals surface area contributed by atoms with Gasteiger partial charge in [-0.15, -0.1) is 6.58 Å². The van der Waals surface area contributed by atoms with Crippen LogP contribution in [0.25, 0.3) is 0 Å². The van der Waals surface area contributed by atoms with Crippen molar-refractivity contribution in [2.45, 2.75) is 19.4 Å². The van der Waals surface area contributed by atoms with E-state index in [4.69, 9.17) is 4.55 Å². The molecule has 2 N–H and O–H groups in total. The molecule has 0 fully saturated rings. The summed E-state index contributed by atoms with van der Waals surface area (Å²) in [5.41, 5.74) is -0.313. The molecule has 0 aliphatic heterocycles. The second kappa shape index (κ2) is 5.42. The van der Waals surface area contributed by atoms with Crippen molar-refractivity contribution in [2.75, 3.05) is 13.2 Å². The zero-order valence-electron chi connectivity index (χ0n) is 7.37. The second-order valence-corrected chi connectivity index (χ2v) is 3.70. The lowest BCUT2D eigenvalue weighted by Crippen LogP contribution is -2.43. The molecule has 0 saturated carbocycles. The van der Waals surface area contributed by atoms with Gasteiger partial charge in [-0.25, -0.2) is 0 Å². The van der Waals surface area contributed by atoms with Gasteiger partial charge in [-0.05, 0) is 13.8 Å². The number of rotatable bonds is 6. The maximum atomic E-state index is 10.2. The Bertz CT molecular complexity index is 170. The third kappa shape index (κ3) is 6.48. The van der Waals surface area contributed by atoms with Gasteiger partial charge < -0.3 is 5.32 Å². The van der Waals surface area contributed by atoms with E-state index in [9.17, 15) is 4.21 Å². The van der Waals surface area contributed by atoms with E-state index in [1.165, 1.54) is 0 Å².